The summed E-state index contributed by atoms with van der Waals surface area (Å²) < 4.78 is 4.78. The molecule has 0 spiro atoms. The van der Waals surface area contributed by atoms with Crippen LogP contribution in [0.5, 0.6) is 0 Å². The van der Waals surface area contributed by atoms with Crippen molar-refractivity contribution in [3.8, 4) is 6.07 Å². The molecule has 0 aromatic rings. The van der Waals surface area contributed by atoms with Crippen LogP contribution in [-0.2, 0) is 9.53 Å². The van der Waals surface area contributed by atoms with Gasteiger partial charge in [0.2, 0.25) is 5.91 Å². The van der Waals surface area contributed by atoms with Crippen molar-refractivity contribution in [2.45, 2.75) is 12.8 Å². The van der Waals surface area contributed by atoms with Gasteiger partial charge in [-0.05, 0) is 0 Å². The number of nitrogens with one attached hydrogen (secondary N) is 2. The second kappa shape index (κ2) is 9.96. The Balaban J connectivity index is 3.15. The summed E-state index contributed by atoms with van der Waals surface area (Å²) >= 11 is 0. The lowest BCUT2D eigenvalue weighted by molar-refractivity contribution is -0.121. The first-order chi connectivity index (χ1) is 6.81. The van der Waals surface area contributed by atoms with Crippen LogP contribution >= 0.6 is 0 Å². The molecule has 0 saturated carbocycles. The molecular weight excluding hydrogens is 182 g/mol. The molecular formula is C9H17N3O2. The van der Waals surface area contributed by atoms with Gasteiger partial charge in [-0.15, -0.1) is 0 Å². The van der Waals surface area contributed by atoms with Crippen molar-refractivity contribution >= 4 is 5.91 Å². The number of carbonyl (C=O) groups excluding carboxylic acids is 1. The summed E-state index contributed by atoms with van der Waals surface area (Å²) in [5.41, 5.74) is 0. The second-order valence-corrected chi connectivity index (χ2v) is 2.75. The molecule has 0 bridgehead atoms. The van der Waals surface area contributed by atoms with E-state index in [1.165, 1.54) is 0 Å². The van der Waals surface area contributed by atoms with Crippen LogP contribution in [0.3, 0.4) is 0 Å². The van der Waals surface area contributed by atoms with Gasteiger partial charge >= 0.3 is 0 Å². The van der Waals surface area contributed by atoms with E-state index in [9.17, 15) is 4.79 Å². The molecule has 14 heavy (non-hydrogen) atoms. The Hall–Kier alpha value is -1.12. The lowest BCUT2D eigenvalue weighted by Crippen LogP contribution is -2.30. The van der Waals surface area contributed by atoms with Crippen LogP contribution in [0.4, 0.5) is 0 Å². The number of amides is 1. The normalized spacial score (nSPS) is 9.43. The number of nitriles is 1. The maximum Gasteiger partial charge on any atom is 0.221 e. The first kappa shape index (κ1) is 12.9. The van der Waals surface area contributed by atoms with E-state index in [0.717, 1.165) is 0 Å². The van der Waals surface area contributed by atoms with Crippen LogP contribution in [0.1, 0.15) is 12.8 Å². The van der Waals surface area contributed by atoms with Gasteiger partial charge in [0, 0.05) is 39.6 Å². The van der Waals surface area contributed by atoms with Crippen molar-refractivity contribution in [1.82, 2.24) is 10.6 Å². The Bertz CT molecular complexity index is 189. The minimum atomic E-state index is 0.00603. The van der Waals surface area contributed by atoms with Crippen LogP contribution in [0, 0.1) is 11.3 Å². The summed E-state index contributed by atoms with van der Waals surface area (Å²) in [6, 6.07) is 2.02. The lowest BCUT2D eigenvalue weighted by Gasteiger charge is -2.04. The molecule has 0 aliphatic rings. The monoisotopic (exact) mass is 199 g/mol. The van der Waals surface area contributed by atoms with E-state index in [4.69, 9.17) is 10.00 Å². The summed E-state index contributed by atoms with van der Waals surface area (Å²) in [6.07, 6.45) is 0.917. The van der Waals surface area contributed by atoms with Gasteiger partial charge in [0.1, 0.15) is 0 Å². The number of ether oxygens (including phenoxy) is 1. The minimum Gasteiger partial charge on any atom is -0.383 e. The minimum absolute atomic E-state index is 0.00603. The number of rotatable bonds is 8. The van der Waals surface area contributed by atoms with Gasteiger partial charge < -0.3 is 15.4 Å². The quantitative estimate of drug-likeness (QED) is 0.524. The fraction of sp³-hybridized carbons (Fsp3) is 0.778. The van der Waals surface area contributed by atoms with Gasteiger partial charge in [-0.1, -0.05) is 0 Å². The molecule has 0 unspecified atom stereocenters. The summed E-state index contributed by atoms with van der Waals surface area (Å²) in [5.74, 6) is 0.00603. The molecule has 0 aromatic carbocycles. The third-order valence-electron chi connectivity index (χ3n) is 1.57. The fourth-order valence-electron chi connectivity index (χ4n) is 0.852. The van der Waals surface area contributed by atoms with Gasteiger partial charge in [-0.2, -0.15) is 5.26 Å². The third kappa shape index (κ3) is 8.97. The highest BCUT2D eigenvalue weighted by molar-refractivity contribution is 5.75. The molecule has 2 N–H and O–H groups in total. The molecule has 5 nitrogen and oxygen atoms in total. The van der Waals surface area contributed by atoms with Crippen LogP contribution in [0.15, 0.2) is 0 Å². The Morgan fingerprint density at radius 2 is 2.21 bits per heavy atom. The van der Waals surface area contributed by atoms with E-state index in [-0.39, 0.29) is 5.91 Å². The molecule has 1 amide bonds. The average Bonchev–Trinajstić information content (AvgIpc) is 2.18. The maximum absolute atomic E-state index is 11.1. The largest absolute Gasteiger partial charge is 0.383 e. The van der Waals surface area contributed by atoms with Gasteiger partial charge in [0.15, 0.2) is 0 Å². The van der Waals surface area contributed by atoms with E-state index in [0.29, 0.717) is 39.1 Å². The highest BCUT2D eigenvalue weighted by atomic mass is 16.5. The van der Waals surface area contributed by atoms with Crippen molar-refractivity contribution in [1.29, 1.82) is 5.26 Å². The molecule has 0 aliphatic heterocycles. The topological polar surface area (TPSA) is 74.2 Å². The van der Waals surface area contributed by atoms with Gasteiger partial charge in [-0.25, -0.2) is 0 Å². The molecule has 0 fully saturated rings. The van der Waals surface area contributed by atoms with E-state index < -0.39 is 0 Å². The number of hydrogen-bond donors (Lipinski definition) is 2. The smallest absolute Gasteiger partial charge is 0.221 e. The van der Waals surface area contributed by atoms with E-state index in [2.05, 4.69) is 10.6 Å². The van der Waals surface area contributed by atoms with Crippen LogP contribution in [0.25, 0.3) is 0 Å². The van der Waals surface area contributed by atoms with Crippen LogP contribution < -0.4 is 10.6 Å². The molecule has 0 aliphatic carbocycles. The molecule has 0 heterocycles. The molecule has 0 aromatic heterocycles. The Morgan fingerprint density at radius 1 is 1.43 bits per heavy atom. The highest BCUT2D eigenvalue weighted by Gasteiger charge is 1.98. The second-order valence-electron chi connectivity index (χ2n) is 2.75. The fourth-order valence-corrected chi connectivity index (χ4v) is 0.852. The highest BCUT2D eigenvalue weighted by Crippen LogP contribution is 1.78. The maximum atomic E-state index is 11.1. The van der Waals surface area contributed by atoms with Crippen molar-refractivity contribution in [2.75, 3.05) is 33.4 Å². The van der Waals surface area contributed by atoms with Crippen LogP contribution in [0.2, 0.25) is 0 Å². The summed E-state index contributed by atoms with van der Waals surface area (Å²) in [6.45, 7) is 2.34. The first-order valence-electron chi connectivity index (χ1n) is 4.64. The van der Waals surface area contributed by atoms with Crippen molar-refractivity contribution in [3.63, 3.8) is 0 Å². The number of hydrogen-bond acceptors (Lipinski definition) is 4. The third-order valence-corrected chi connectivity index (χ3v) is 1.57. The SMILES string of the molecule is COCCNC(=O)CCNCCC#N. The van der Waals surface area contributed by atoms with Crippen molar-refractivity contribution in [3.05, 3.63) is 0 Å². The standard InChI is InChI=1S/C9H17N3O2/c1-14-8-7-12-9(13)3-6-11-5-2-4-10/h11H,2-3,5-8H2,1H3,(H,12,13). The van der Waals surface area contributed by atoms with E-state index >= 15 is 0 Å². The predicted molar refractivity (Wildman–Crippen MR) is 52.6 cm³/mol. The van der Waals surface area contributed by atoms with Gasteiger partial charge in [0.25, 0.3) is 0 Å². The first-order valence-corrected chi connectivity index (χ1v) is 4.64. The van der Waals surface area contributed by atoms with Gasteiger partial charge in [0.05, 0.1) is 12.7 Å². The zero-order valence-corrected chi connectivity index (χ0v) is 8.51. The summed E-state index contributed by atoms with van der Waals surface area (Å²) in [4.78, 5) is 11.1. The lowest BCUT2D eigenvalue weighted by atomic mass is 10.3. The average molecular weight is 199 g/mol. The molecule has 0 saturated heterocycles. The zero-order chi connectivity index (χ0) is 10.6. The van der Waals surface area contributed by atoms with Crippen LogP contribution in [-0.4, -0.2) is 39.3 Å². The predicted octanol–water partition coefficient (Wildman–Crippen LogP) is -0.358. The Kier molecular flexibility index (Phi) is 9.17. The summed E-state index contributed by atoms with van der Waals surface area (Å²) in [5, 5.41) is 13.9. The number of carbonyl (C=O) groups is 1. The molecule has 0 radical (unpaired) electrons. The number of methoxy groups -OCH3 is 1. The zero-order valence-electron chi connectivity index (χ0n) is 8.51. The summed E-state index contributed by atoms with van der Waals surface area (Å²) in [7, 11) is 1.59. The molecule has 80 valence electrons. The van der Waals surface area contributed by atoms with Crippen molar-refractivity contribution < 1.29 is 9.53 Å². The molecule has 5 heteroatoms. The molecule has 0 atom stereocenters. The van der Waals surface area contributed by atoms with Gasteiger partial charge in [-0.3, -0.25) is 4.79 Å². The van der Waals surface area contributed by atoms with E-state index in [1.54, 1.807) is 7.11 Å². The Labute approximate surface area is 84.4 Å². The Morgan fingerprint density at radius 3 is 2.86 bits per heavy atom. The van der Waals surface area contributed by atoms with Crippen molar-refractivity contribution in [2.24, 2.45) is 0 Å². The molecule has 0 rings (SSSR count). The number of nitrogens with zero attached hydrogens (tertiary/aromatic N) is 1. The van der Waals surface area contributed by atoms with E-state index in [1.807, 2.05) is 6.07 Å².